The Morgan fingerprint density at radius 2 is 1.78 bits per heavy atom. The summed E-state index contributed by atoms with van der Waals surface area (Å²) in [4.78, 5) is 10.7. The molecular weight excluding hydrogens is 292 g/mol. The second-order valence-corrected chi connectivity index (χ2v) is 5.17. The first kappa shape index (κ1) is 14.8. The van der Waals surface area contributed by atoms with Gasteiger partial charge in [-0.05, 0) is 30.7 Å². The maximum atomic E-state index is 11.1. The molecule has 0 spiro atoms. The molecule has 0 fully saturated rings. The summed E-state index contributed by atoms with van der Waals surface area (Å²) in [6.07, 6.45) is 0. The molecule has 5 heteroatoms. The third-order valence-electron chi connectivity index (χ3n) is 3.76. The molecule has 0 bridgehead atoms. The van der Waals surface area contributed by atoms with Gasteiger partial charge in [-0.1, -0.05) is 30.3 Å². The van der Waals surface area contributed by atoms with Crippen LogP contribution in [0, 0.1) is 17.0 Å². The Bertz CT molecular complexity index is 854. The molecular formula is C18H16N2O3. The molecule has 3 aromatic rings. The molecule has 0 atom stereocenters. The van der Waals surface area contributed by atoms with E-state index in [1.54, 1.807) is 13.2 Å². The predicted molar refractivity (Wildman–Crippen MR) is 89.1 cm³/mol. The van der Waals surface area contributed by atoms with Crippen LogP contribution in [0.25, 0.3) is 16.9 Å². The fraction of sp³-hybridized carbons (Fsp3) is 0.111. The Morgan fingerprint density at radius 3 is 2.43 bits per heavy atom. The van der Waals surface area contributed by atoms with Crippen LogP contribution in [-0.4, -0.2) is 16.6 Å². The number of nitro benzene ring substituents is 1. The number of ether oxygens (including phenoxy) is 1. The summed E-state index contributed by atoms with van der Waals surface area (Å²) in [5.41, 5.74) is 3.66. The van der Waals surface area contributed by atoms with E-state index in [2.05, 4.69) is 0 Å². The first-order chi connectivity index (χ1) is 11.1. The average molecular weight is 308 g/mol. The minimum absolute atomic E-state index is 0.0351. The van der Waals surface area contributed by atoms with Gasteiger partial charge >= 0.3 is 0 Å². The monoisotopic (exact) mass is 308 g/mol. The van der Waals surface area contributed by atoms with Gasteiger partial charge in [0, 0.05) is 17.8 Å². The fourth-order valence-electron chi connectivity index (χ4n) is 2.66. The molecule has 3 rings (SSSR count). The Morgan fingerprint density at radius 1 is 1.04 bits per heavy atom. The number of non-ortho nitro benzene ring substituents is 1. The van der Waals surface area contributed by atoms with Crippen molar-refractivity contribution in [3.05, 3.63) is 76.5 Å². The summed E-state index contributed by atoms with van der Waals surface area (Å²) in [7, 11) is 1.56. The number of rotatable bonds is 4. The predicted octanol–water partition coefficient (Wildman–Crippen LogP) is 4.37. The zero-order chi connectivity index (χ0) is 16.4. The van der Waals surface area contributed by atoms with Crippen LogP contribution in [0.4, 0.5) is 5.69 Å². The van der Waals surface area contributed by atoms with Crippen LogP contribution in [0.2, 0.25) is 0 Å². The Kier molecular flexibility index (Phi) is 3.85. The molecule has 0 radical (unpaired) electrons. The maximum Gasteiger partial charge on any atom is 0.271 e. The molecule has 116 valence electrons. The van der Waals surface area contributed by atoms with Gasteiger partial charge in [-0.25, -0.2) is 0 Å². The number of nitro groups is 1. The number of aryl methyl sites for hydroxylation is 1. The molecule has 0 saturated heterocycles. The van der Waals surface area contributed by atoms with Crippen molar-refractivity contribution < 1.29 is 9.66 Å². The van der Waals surface area contributed by atoms with Crippen LogP contribution in [0.5, 0.6) is 5.75 Å². The molecule has 5 nitrogen and oxygen atoms in total. The van der Waals surface area contributed by atoms with Gasteiger partial charge in [0.05, 0.1) is 23.4 Å². The lowest BCUT2D eigenvalue weighted by atomic mass is 10.1. The maximum absolute atomic E-state index is 11.1. The molecule has 0 saturated carbocycles. The van der Waals surface area contributed by atoms with Gasteiger partial charge in [0.15, 0.2) is 0 Å². The standard InChI is InChI=1S/C18H16N2O3/c1-13-8-10-16(14-6-4-3-5-7-14)19(13)17-12-15(20(21)22)9-11-18(17)23-2/h3-12H,1-2H3. The summed E-state index contributed by atoms with van der Waals surface area (Å²) in [5.74, 6) is 0.590. The summed E-state index contributed by atoms with van der Waals surface area (Å²) in [6.45, 7) is 1.96. The van der Waals surface area contributed by atoms with Crippen molar-refractivity contribution in [2.75, 3.05) is 7.11 Å². The van der Waals surface area contributed by atoms with Crippen molar-refractivity contribution in [3.8, 4) is 22.7 Å². The quantitative estimate of drug-likeness (QED) is 0.531. The number of hydrogen-bond acceptors (Lipinski definition) is 3. The zero-order valence-corrected chi connectivity index (χ0v) is 12.9. The van der Waals surface area contributed by atoms with Crippen molar-refractivity contribution in [2.24, 2.45) is 0 Å². The second-order valence-electron chi connectivity index (χ2n) is 5.17. The third kappa shape index (κ3) is 2.68. The van der Waals surface area contributed by atoms with Crippen molar-refractivity contribution in [1.29, 1.82) is 0 Å². The summed E-state index contributed by atoms with van der Waals surface area (Å²) >= 11 is 0. The molecule has 0 aliphatic rings. The molecule has 0 aliphatic heterocycles. The average Bonchev–Trinajstić information content (AvgIpc) is 2.96. The highest BCUT2D eigenvalue weighted by atomic mass is 16.6. The molecule has 23 heavy (non-hydrogen) atoms. The molecule has 1 heterocycles. The van der Waals surface area contributed by atoms with Crippen LogP contribution < -0.4 is 4.74 Å². The van der Waals surface area contributed by atoms with Crippen LogP contribution in [-0.2, 0) is 0 Å². The van der Waals surface area contributed by atoms with Crippen molar-refractivity contribution in [1.82, 2.24) is 4.57 Å². The van der Waals surface area contributed by atoms with E-state index in [4.69, 9.17) is 4.74 Å². The number of benzene rings is 2. The SMILES string of the molecule is COc1ccc([N+](=O)[O-])cc1-n1c(C)ccc1-c1ccccc1. The molecule has 0 amide bonds. The molecule has 2 aromatic carbocycles. The summed E-state index contributed by atoms with van der Waals surface area (Å²) in [6, 6.07) is 18.5. The Hall–Kier alpha value is -3.08. The molecule has 0 N–H and O–H groups in total. The number of methoxy groups -OCH3 is 1. The van der Waals surface area contributed by atoms with Crippen LogP contribution in [0.1, 0.15) is 5.69 Å². The molecule has 0 unspecified atom stereocenters. The smallest absolute Gasteiger partial charge is 0.271 e. The highest BCUT2D eigenvalue weighted by molar-refractivity contribution is 5.67. The Balaban J connectivity index is 2.25. The fourth-order valence-corrected chi connectivity index (χ4v) is 2.66. The lowest BCUT2D eigenvalue weighted by Crippen LogP contribution is -2.03. The van der Waals surface area contributed by atoms with Crippen LogP contribution >= 0.6 is 0 Å². The van der Waals surface area contributed by atoms with Gasteiger partial charge in [-0.3, -0.25) is 10.1 Å². The molecule has 1 aromatic heterocycles. The lowest BCUT2D eigenvalue weighted by molar-refractivity contribution is -0.384. The van der Waals surface area contributed by atoms with E-state index in [-0.39, 0.29) is 5.69 Å². The minimum atomic E-state index is -0.399. The summed E-state index contributed by atoms with van der Waals surface area (Å²) < 4.78 is 7.38. The van der Waals surface area contributed by atoms with E-state index in [0.717, 1.165) is 17.0 Å². The third-order valence-corrected chi connectivity index (χ3v) is 3.76. The van der Waals surface area contributed by atoms with E-state index in [1.165, 1.54) is 12.1 Å². The van der Waals surface area contributed by atoms with E-state index in [1.807, 2.05) is 54.0 Å². The van der Waals surface area contributed by atoms with Crippen molar-refractivity contribution >= 4 is 5.69 Å². The zero-order valence-electron chi connectivity index (χ0n) is 12.9. The number of aromatic nitrogens is 1. The van der Waals surface area contributed by atoms with Crippen LogP contribution in [0.15, 0.2) is 60.7 Å². The van der Waals surface area contributed by atoms with Crippen molar-refractivity contribution in [2.45, 2.75) is 6.92 Å². The van der Waals surface area contributed by atoms with E-state index in [9.17, 15) is 10.1 Å². The van der Waals surface area contributed by atoms with E-state index in [0.29, 0.717) is 11.4 Å². The minimum Gasteiger partial charge on any atom is -0.495 e. The highest BCUT2D eigenvalue weighted by Crippen LogP contribution is 2.33. The first-order valence-corrected chi connectivity index (χ1v) is 7.18. The Labute approximate surface area is 133 Å². The van der Waals surface area contributed by atoms with Crippen LogP contribution in [0.3, 0.4) is 0 Å². The lowest BCUT2D eigenvalue weighted by Gasteiger charge is -2.15. The van der Waals surface area contributed by atoms with Gasteiger partial charge in [0.25, 0.3) is 5.69 Å². The van der Waals surface area contributed by atoms with Gasteiger partial charge < -0.3 is 9.30 Å². The number of nitrogens with zero attached hydrogens (tertiary/aromatic N) is 2. The summed E-state index contributed by atoms with van der Waals surface area (Å²) in [5, 5.41) is 11.1. The van der Waals surface area contributed by atoms with E-state index < -0.39 is 4.92 Å². The normalized spacial score (nSPS) is 10.5. The largest absolute Gasteiger partial charge is 0.495 e. The van der Waals surface area contributed by atoms with Crippen molar-refractivity contribution in [3.63, 3.8) is 0 Å². The topological polar surface area (TPSA) is 57.3 Å². The molecule has 0 aliphatic carbocycles. The van der Waals surface area contributed by atoms with E-state index >= 15 is 0 Å². The van der Waals surface area contributed by atoms with Gasteiger partial charge in [0.1, 0.15) is 5.75 Å². The number of hydrogen-bond donors (Lipinski definition) is 0. The second kappa shape index (κ2) is 5.96. The van der Waals surface area contributed by atoms with Gasteiger partial charge in [0.2, 0.25) is 0 Å². The highest BCUT2D eigenvalue weighted by Gasteiger charge is 2.17. The first-order valence-electron chi connectivity index (χ1n) is 7.18. The van der Waals surface area contributed by atoms with Gasteiger partial charge in [-0.2, -0.15) is 0 Å². The van der Waals surface area contributed by atoms with Gasteiger partial charge in [-0.15, -0.1) is 0 Å².